The molecule has 0 aromatic heterocycles. The van der Waals surface area contributed by atoms with Gasteiger partial charge < -0.3 is 4.90 Å². The Bertz CT molecular complexity index is 164. The van der Waals surface area contributed by atoms with Crippen molar-refractivity contribution in [2.45, 2.75) is 32.6 Å². The average Bonchev–Trinajstić information content (AvgIpc) is 2.00. The Labute approximate surface area is 73.7 Å². The van der Waals surface area contributed by atoms with Gasteiger partial charge in [-0.05, 0) is 6.42 Å². The summed E-state index contributed by atoms with van der Waals surface area (Å²) in [4.78, 5) is 23.5. The fraction of sp³-hybridized carbons (Fsp3) is 0.778. The van der Waals surface area contributed by atoms with Crippen molar-refractivity contribution in [3.8, 4) is 0 Å². The summed E-state index contributed by atoms with van der Waals surface area (Å²) in [5.41, 5.74) is 0. The smallest absolute Gasteiger partial charge is 0.229 e. The lowest BCUT2D eigenvalue weighted by molar-refractivity contribution is -0.133. The SMILES string of the molecule is CCCCC(=O)CC(=O)N(C)C. The van der Waals surface area contributed by atoms with Crippen molar-refractivity contribution >= 4 is 11.7 Å². The summed E-state index contributed by atoms with van der Waals surface area (Å²) in [5, 5.41) is 0. The first-order valence-electron chi connectivity index (χ1n) is 4.29. The highest BCUT2D eigenvalue weighted by molar-refractivity contribution is 5.97. The van der Waals surface area contributed by atoms with Gasteiger partial charge in [-0.3, -0.25) is 9.59 Å². The van der Waals surface area contributed by atoms with E-state index in [1.807, 2.05) is 6.92 Å². The lowest BCUT2D eigenvalue weighted by Crippen LogP contribution is -2.24. The van der Waals surface area contributed by atoms with E-state index in [2.05, 4.69) is 0 Å². The van der Waals surface area contributed by atoms with Crippen molar-refractivity contribution in [3.05, 3.63) is 0 Å². The predicted octanol–water partition coefficient (Wildman–Crippen LogP) is 1.22. The molecule has 0 radical (unpaired) electrons. The van der Waals surface area contributed by atoms with E-state index in [1.165, 1.54) is 4.90 Å². The number of hydrogen-bond acceptors (Lipinski definition) is 2. The second kappa shape index (κ2) is 5.75. The van der Waals surface area contributed by atoms with Crippen molar-refractivity contribution in [1.29, 1.82) is 0 Å². The fourth-order valence-electron chi connectivity index (χ4n) is 0.789. The van der Waals surface area contributed by atoms with Crippen LogP contribution in [0.25, 0.3) is 0 Å². The molecule has 3 nitrogen and oxygen atoms in total. The van der Waals surface area contributed by atoms with E-state index in [9.17, 15) is 9.59 Å². The molecule has 0 aromatic rings. The molecule has 0 aromatic carbocycles. The third-order valence-corrected chi connectivity index (χ3v) is 1.66. The zero-order valence-electron chi connectivity index (χ0n) is 8.09. The summed E-state index contributed by atoms with van der Waals surface area (Å²) in [6, 6.07) is 0. The van der Waals surface area contributed by atoms with Crippen molar-refractivity contribution in [3.63, 3.8) is 0 Å². The molecule has 0 spiro atoms. The van der Waals surface area contributed by atoms with Crippen LogP contribution in [0.3, 0.4) is 0 Å². The standard InChI is InChI=1S/C9H17NO2/c1-4-5-6-8(11)7-9(12)10(2)3/h4-7H2,1-3H3. The van der Waals surface area contributed by atoms with E-state index in [0.717, 1.165) is 12.8 Å². The zero-order chi connectivity index (χ0) is 9.56. The van der Waals surface area contributed by atoms with Crippen molar-refractivity contribution < 1.29 is 9.59 Å². The summed E-state index contributed by atoms with van der Waals surface area (Å²) in [6.07, 6.45) is 2.49. The Hall–Kier alpha value is -0.860. The normalized spacial score (nSPS) is 9.58. The van der Waals surface area contributed by atoms with Crippen LogP contribution in [0.1, 0.15) is 32.6 Å². The summed E-state index contributed by atoms with van der Waals surface area (Å²) in [7, 11) is 3.32. The van der Waals surface area contributed by atoms with Gasteiger partial charge in [0, 0.05) is 20.5 Å². The van der Waals surface area contributed by atoms with E-state index in [4.69, 9.17) is 0 Å². The molecule has 0 atom stereocenters. The van der Waals surface area contributed by atoms with Crippen LogP contribution in [0.15, 0.2) is 0 Å². The summed E-state index contributed by atoms with van der Waals surface area (Å²) in [5.74, 6) is -0.0494. The number of ketones is 1. The molecule has 12 heavy (non-hydrogen) atoms. The number of carbonyl (C=O) groups excluding carboxylic acids is 2. The molecule has 0 aliphatic carbocycles. The second-order valence-corrected chi connectivity index (χ2v) is 3.11. The lowest BCUT2D eigenvalue weighted by atomic mass is 10.1. The van der Waals surface area contributed by atoms with Gasteiger partial charge in [0.1, 0.15) is 5.78 Å². The fourth-order valence-corrected chi connectivity index (χ4v) is 0.789. The van der Waals surface area contributed by atoms with Gasteiger partial charge in [0.2, 0.25) is 5.91 Å². The Balaban J connectivity index is 3.62. The monoisotopic (exact) mass is 171 g/mol. The minimum absolute atomic E-state index is 0.0514. The van der Waals surface area contributed by atoms with Gasteiger partial charge in [-0.15, -0.1) is 0 Å². The molecule has 0 N–H and O–H groups in total. The molecule has 1 amide bonds. The maximum absolute atomic E-state index is 11.1. The number of amides is 1. The number of rotatable bonds is 5. The minimum atomic E-state index is -0.101. The Kier molecular flexibility index (Phi) is 5.34. The Morgan fingerprint density at radius 2 is 1.83 bits per heavy atom. The van der Waals surface area contributed by atoms with E-state index in [-0.39, 0.29) is 18.1 Å². The van der Waals surface area contributed by atoms with Crippen molar-refractivity contribution in [1.82, 2.24) is 4.90 Å². The van der Waals surface area contributed by atoms with E-state index in [0.29, 0.717) is 6.42 Å². The highest BCUT2D eigenvalue weighted by atomic mass is 16.2. The summed E-state index contributed by atoms with van der Waals surface area (Å²) >= 11 is 0. The first-order chi connectivity index (χ1) is 5.57. The lowest BCUT2D eigenvalue weighted by Gasteiger charge is -2.08. The van der Waals surface area contributed by atoms with Crippen LogP contribution in [0, 0.1) is 0 Å². The molecule has 0 heterocycles. The van der Waals surface area contributed by atoms with Gasteiger partial charge in [-0.25, -0.2) is 0 Å². The number of hydrogen-bond donors (Lipinski definition) is 0. The van der Waals surface area contributed by atoms with Crippen LogP contribution in [0.5, 0.6) is 0 Å². The highest BCUT2D eigenvalue weighted by Crippen LogP contribution is 1.99. The summed E-state index contributed by atoms with van der Waals surface area (Å²) < 4.78 is 0. The first-order valence-corrected chi connectivity index (χ1v) is 4.29. The average molecular weight is 171 g/mol. The molecular weight excluding hydrogens is 154 g/mol. The van der Waals surface area contributed by atoms with Gasteiger partial charge in [-0.1, -0.05) is 13.3 Å². The van der Waals surface area contributed by atoms with Gasteiger partial charge in [0.15, 0.2) is 0 Å². The summed E-state index contributed by atoms with van der Waals surface area (Å²) in [6.45, 7) is 2.03. The van der Waals surface area contributed by atoms with Gasteiger partial charge in [-0.2, -0.15) is 0 Å². The van der Waals surface area contributed by atoms with Crippen molar-refractivity contribution in [2.24, 2.45) is 0 Å². The van der Waals surface area contributed by atoms with E-state index >= 15 is 0 Å². The maximum atomic E-state index is 11.1. The zero-order valence-corrected chi connectivity index (χ0v) is 8.09. The Morgan fingerprint density at radius 1 is 1.25 bits per heavy atom. The molecule has 0 rings (SSSR count). The molecular formula is C9H17NO2. The van der Waals surface area contributed by atoms with Gasteiger partial charge >= 0.3 is 0 Å². The van der Waals surface area contributed by atoms with E-state index in [1.54, 1.807) is 14.1 Å². The first kappa shape index (κ1) is 11.1. The minimum Gasteiger partial charge on any atom is -0.348 e. The van der Waals surface area contributed by atoms with Crippen LogP contribution in [0.2, 0.25) is 0 Å². The third kappa shape index (κ3) is 4.88. The molecule has 0 saturated heterocycles. The van der Waals surface area contributed by atoms with Gasteiger partial charge in [0.05, 0.1) is 6.42 Å². The molecule has 3 heteroatoms. The molecule has 0 aliphatic heterocycles. The largest absolute Gasteiger partial charge is 0.348 e. The van der Waals surface area contributed by atoms with Crippen LogP contribution >= 0.6 is 0 Å². The third-order valence-electron chi connectivity index (χ3n) is 1.66. The molecule has 0 aliphatic rings. The number of carbonyl (C=O) groups is 2. The van der Waals surface area contributed by atoms with Crippen LogP contribution < -0.4 is 0 Å². The molecule has 0 fully saturated rings. The number of Topliss-reactive ketones (excluding diaryl/α,β-unsaturated/α-hetero) is 1. The van der Waals surface area contributed by atoms with Crippen molar-refractivity contribution in [2.75, 3.05) is 14.1 Å². The second-order valence-electron chi connectivity index (χ2n) is 3.11. The molecule has 0 saturated carbocycles. The maximum Gasteiger partial charge on any atom is 0.229 e. The van der Waals surface area contributed by atoms with Gasteiger partial charge in [0.25, 0.3) is 0 Å². The van der Waals surface area contributed by atoms with Crippen LogP contribution in [0.4, 0.5) is 0 Å². The molecule has 0 bridgehead atoms. The number of unbranched alkanes of at least 4 members (excludes halogenated alkanes) is 1. The topological polar surface area (TPSA) is 37.4 Å². The van der Waals surface area contributed by atoms with Crippen LogP contribution in [-0.4, -0.2) is 30.7 Å². The highest BCUT2D eigenvalue weighted by Gasteiger charge is 2.09. The molecule has 70 valence electrons. The number of nitrogens with zero attached hydrogens (tertiary/aromatic N) is 1. The Morgan fingerprint density at radius 3 is 2.25 bits per heavy atom. The molecule has 0 unspecified atom stereocenters. The van der Waals surface area contributed by atoms with E-state index < -0.39 is 0 Å². The predicted molar refractivity (Wildman–Crippen MR) is 47.8 cm³/mol. The quantitative estimate of drug-likeness (QED) is 0.583. The van der Waals surface area contributed by atoms with Crippen LogP contribution in [-0.2, 0) is 9.59 Å².